The summed E-state index contributed by atoms with van der Waals surface area (Å²) < 4.78 is 43.8. The van der Waals surface area contributed by atoms with Crippen LogP contribution in [0.25, 0.3) is 0 Å². The molecule has 9 heteroatoms. The normalized spacial score (nSPS) is 25.2. The van der Waals surface area contributed by atoms with Gasteiger partial charge in [-0.1, -0.05) is 6.07 Å². The number of ether oxygens (including phenoxy) is 1. The number of morpholine rings is 1. The molecule has 2 atom stereocenters. The molecule has 2 aliphatic rings. The van der Waals surface area contributed by atoms with Gasteiger partial charge in [-0.2, -0.15) is 13.2 Å². The zero-order valence-electron chi connectivity index (χ0n) is 13.2. The summed E-state index contributed by atoms with van der Waals surface area (Å²) in [6.07, 6.45) is -3.74. The number of fused-ring (bicyclic) bond motifs is 1. The summed E-state index contributed by atoms with van der Waals surface area (Å²) >= 11 is 0. The molecule has 2 fully saturated rings. The number of anilines is 1. The molecule has 132 valence electrons. The van der Waals surface area contributed by atoms with E-state index in [9.17, 15) is 18.0 Å². The predicted molar refractivity (Wildman–Crippen MR) is 80.6 cm³/mol. The van der Waals surface area contributed by atoms with Gasteiger partial charge < -0.3 is 9.64 Å². The number of piperidine rings is 1. The minimum Gasteiger partial charge on any atom is -0.375 e. The van der Waals surface area contributed by atoms with Crippen LogP contribution in [0.3, 0.4) is 0 Å². The summed E-state index contributed by atoms with van der Waals surface area (Å²) in [5.41, 5.74) is -1.03. The average molecular weight is 344 g/mol. The molecule has 6 nitrogen and oxygen atoms in total. The molecular weight excluding hydrogens is 325 g/mol. The van der Waals surface area contributed by atoms with Crippen molar-refractivity contribution in [2.45, 2.75) is 24.7 Å². The molecule has 3 heterocycles. The summed E-state index contributed by atoms with van der Waals surface area (Å²) in [6.45, 7) is 2.45. The van der Waals surface area contributed by atoms with Crippen molar-refractivity contribution in [3.8, 4) is 0 Å². The Labute approximate surface area is 137 Å². The largest absolute Gasteiger partial charge is 0.433 e. The number of likely N-dealkylation sites (tertiary alicyclic amines) is 1. The van der Waals surface area contributed by atoms with E-state index >= 15 is 0 Å². The smallest absolute Gasteiger partial charge is 0.375 e. The Balaban J connectivity index is 1.65. The first-order chi connectivity index (χ1) is 11.3. The maximum Gasteiger partial charge on any atom is 0.433 e. The van der Waals surface area contributed by atoms with E-state index in [1.807, 2.05) is 7.05 Å². The van der Waals surface area contributed by atoms with Crippen molar-refractivity contribution in [1.82, 2.24) is 14.8 Å². The molecule has 0 aliphatic carbocycles. The third kappa shape index (κ3) is 3.62. The highest BCUT2D eigenvalue weighted by atomic mass is 19.4. The van der Waals surface area contributed by atoms with Crippen molar-refractivity contribution >= 4 is 11.8 Å². The second kappa shape index (κ2) is 6.56. The van der Waals surface area contributed by atoms with Gasteiger partial charge in [-0.3, -0.25) is 10.2 Å². The number of amides is 2. The number of alkyl halides is 3. The predicted octanol–water partition coefficient (Wildman–Crippen LogP) is 2.04. The van der Waals surface area contributed by atoms with E-state index in [1.54, 1.807) is 4.90 Å². The van der Waals surface area contributed by atoms with Gasteiger partial charge in [-0.15, -0.1) is 0 Å². The summed E-state index contributed by atoms with van der Waals surface area (Å²) in [4.78, 5) is 19.5. The Morgan fingerprint density at radius 3 is 2.92 bits per heavy atom. The number of carbonyl (C=O) groups is 1. The minimum atomic E-state index is -4.54. The molecule has 1 N–H and O–H groups in total. The molecule has 0 unspecified atom stereocenters. The Hall–Kier alpha value is -1.87. The van der Waals surface area contributed by atoms with Gasteiger partial charge >= 0.3 is 12.2 Å². The van der Waals surface area contributed by atoms with E-state index in [-0.39, 0.29) is 18.0 Å². The first kappa shape index (κ1) is 17.0. The lowest BCUT2D eigenvalue weighted by Gasteiger charge is -2.45. The fraction of sp³-hybridized carbons (Fsp3) is 0.600. The number of hydrogen-bond donors (Lipinski definition) is 1. The van der Waals surface area contributed by atoms with Crippen LogP contribution in [0.1, 0.15) is 12.1 Å². The lowest BCUT2D eigenvalue weighted by Crippen LogP contribution is -2.60. The van der Waals surface area contributed by atoms with Crippen molar-refractivity contribution in [2.24, 2.45) is 0 Å². The van der Waals surface area contributed by atoms with Crippen molar-refractivity contribution in [1.29, 1.82) is 0 Å². The van der Waals surface area contributed by atoms with Crippen LogP contribution in [-0.4, -0.2) is 66.2 Å². The number of rotatable bonds is 1. The van der Waals surface area contributed by atoms with Crippen LogP contribution in [0, 0.1) is 0 Å². The molecule has 2 aliphatic heterocycles. The highest BCUT2D eigenvalue weighted by Crippen LogP contribution is 2.28. The van der Waals surface area contributed by atoms with E-state index in [0.29, 0.717) is 26.1 Å². The molecular formula is C15H19F3N4O2. The van der Waals surface area contributed by atoms with E-state index in [4.69, 9.17) is 4.74 Å². The third-order valence-electron chi connectivity index (χ3n) is 4.42. The lowest BCUT2D eigenvalue weighted by atomic mass is 9.99. The van der Waals surface area contributed by atoms with E-state index < -0.39 is 17.9 Å². The fourth-order valence-corrected chi connectivity index (χ4v) is 3.08. The molecule has 0 radical (unpaired) electrons. The first-order valence-electron chi connectivity index (χ1n) is 7.76. The van der Waals surface area contributed by atoms with Crippen LogP contribution >= 0.6 is 0 Å². The molecule has 0 bridgehead atoms. The Bertz CT molecular complexity index is 611. The third-order valence-corrected chi connectivity index (χ3v) is 4.42. The average Bonchev–Trinajstić information content (AvgIpc) is 2.54. The molecule has 3 rings (SSSR count). The molecule has 24 heavy (non-hydrogen) atoms. The van der Waals surface area contributed by atoms with Gasteiger partial charge in [0.1, 0.15) is 11.5 Å². The van der Waals surface area contributed by atoms with Crippen LogP contribution in [0.5, 0.6) is 0 Å². The standard InChI is InChI=1S/C15H19F3N4O2/c1-21-7-8-24-11-5-6-22(9-10(11)21)14(23)20-13-4-2-3-12(19-13)15(16,17)18/h2-4,10-11H,5-9H2,1H3,(H,19,20,23)/t10-,11-/m0/s1. The Kier molecular flexibility index (Phi) is 4.64. The number of aromatic nitrogens is 1. The number of nitrogens with zero attached hydrogens (tertiary/aromatic N) is 3. The van der Waals surface area contributed by atoms with Crippen LogP contribution in [0.4, 0.5) is 23.8 Å². The first-order valence-corrected chi connectivity index (χ1v) is 7.76. The van der Waals surface area contributed by atoms with Gasteiger partial charge in [-0.25, -0.2) is 9.78 Å². The van der Waals surface area contributed by atoms with Crippen LogP contribution in [-0.2, 0) is 10.9 Å². The van der Waals surface area contributed by atoms with E-state index in [0.717, 1.165) is 12.6 Å². The second-order valence-electron chi connectivity index (χ2n) is 6.03. The van der Waals surface area contributed by atoms with Crippen molar-refractivity contribution in [3.63, 3.8) is 0 Å². The number of urea groups is 1. The number of nitrogens with one attached hydrogen (secondary N) is 1. The van der Waals surface area contributed by atoms with Crippen molar-refractivity contribution in [3.05, 3.63) is 23.9 Å². The fourth-order valence-electron chi connectivity index (χ4n) is 3.08. The highest BCUT2D eigenvalue weighted by Gasteiger charge is 2.37. The van der Waals surface area contributed by atoms with Crippen LogP contribution in [0.2, 0.25) is 0 Å². The van der Waals surface area contributed by atoms with Gasteiger partial charge in [-0.05, 0) is 25.6 Å². The summed E-state index contributed by atoms with van der Waals surface area (Å²) in [5, 5.41) is 2.45. The minimum absolute atomic E-state index is 0.0967. The van der Waals surface area contributed by atoms with Crippen molar-refractivity contribution in [2.75, 3.05) is 38.6 Å². The molecule has 2 saturated heterocycles. The monoisotopic (exact) mass is 344 g/mol. The maximum absolute atomic E-state index is 12.7. The Morgan fingerprint density at radius 2 is 2.17 bits per heavy atom. The number of halogens is 3. The van der Waals surface area contributed by atoms with E-state index in [2.05, 4.69) is 15.2 Å². The number of hydrogen-bond acceptors (Lipinski definition) is 4. The van der Waals surface area contributed by atoms with Crippen molar-refractivity contribution < 1.29 is 22.7 Å². The molecule has 0 saturated carbocycles. The van der Waals surface area contributed by atoms with Crippen LogP contribution in [0.15, 0.2) is 18.2 Å². The molecule has 1 aromatic rings. The topological polar surface area (TPSA) is 57.7 Å². The number of likely N-dealkylation sites (N-methyl/N-ethyl adjacent to an activating group) is 1. The number of carbonyl (C=O) groups excluding carboxylic acids is 1. The summed E-state index contributed by atoms with van der Waals surface area (Å²) in [7, 11) is 1.98. The zero-order chi connectivity index (χ0) is 17.3. The van der Waals surface area contributed by atoms with Gasteiger partial charge in [0.15, 0.2) is 0 Å². The SMILES string of the molecule is CN1CCO[C@H]2CCN(C(=O)Nc3cccc(C(F)(F)F)n3)C[C@@H]21. The molecule has 0 aromatic carbocycles. The molecule has 1 aromatic heterocycles. The second-order valence-corrected chi connectivity index (χ2v) is 6.03. The van der Waals surface area contributed by atoms with Gasteiger partial charge in [0, 0.05) is 19.6 Å². The zero-order valence-corrected chi connectivity index (χ0v) is 13.2. The summed E-state index contributed by atoms with van der Waals surface area (Å²) in [6, 6.07) is 3.10. The van der Waals surface area contributed by atoms with Gasteiger partial charge in [0.05, 0.1) is 18.8 Å². The molecule has 2 amide bonds. The lowest BCUT2D eigenvalue weighted by molar-refractivity contribution is -0.141. The van der Waals surface area contributed by atoms with Crippen LogP contribution < -0.4 is 5.32 Å². The number of pyridine rings is 1. The highest BCUT2D eigenvalue weighted by molar-refractivity contribution is 5.88. The Morgan fingerprint density at radius 1 is 1.38 bits per heavy atom. The molecule has 0 spiro atoms. The maximum atomic E-state index is 12.7. The summed E-state index contributed by atoms with van der Waals surface area (Å²) in [5.74, 6) is -0.106. The van der Waals surface area contributed by atoms with Gasteiger partial charge in [0.25, 0.3) is 0 Å². The van der Waals surface area contributed by atoms with Gasteiger partial charge in [0.2, 0.25) is 0 Å². The quantitative estimate of drug-likeness (QED) is 0.847. The van der Waals surface area contributed by atoms with E-state index in [1.165, 1.54) is 12.1 Å².